The van der Waals surface area contributed by atoms with Gasteiger partial charge in [-0.25, -0.2) is 4.79 Å². The fourth-order valence-electron chi connectivity index (χ4n) is 3.07. The smallest absolute Gasteiger partial charge is 0.315 e. The van der Waals surface area contributed by atoms with Gasteiger partial charge in [0.25, 0.3) is 0 Å². The highest BCUT2D eigenvalue weighted by Crippen LogP contribution is 2.42. The Morgan fingerprint density at radius 2 is 2.29 bits per heavy atom. The predicted molar refractivity (Wildman–Crippen MR) is 82.6 cm³/mol. The Bertz CT molecular complexity index is 531. The number of pyridine rings is 1. The first-order valence-corrected chi connectivity index (χ1v) is 8.98. The highest BCUT2D eigenvalue weighted by Gasteiger charge is 2.40. The number of nitrogens with zero attached hydrogens (tertiary/aromatic N) is 1. The number of hydrogen-bond acceptors (Lipinski definition) is 3. The molecule has 5 nitrogen and oxygen atoms in total. The minimum Gasteiger partial charge on any atom is -0.337 e. The fraction of sp³-hybridized carbons (Fsp3) is 0.600. The monoisotopic (exact) mass is 307 g/mol. The van der Waals surface area contributed by atoms with Gasteiger partial charge in [-0.15, -0.1) is 0 Å². The Labute approximate surface area is 127 Å². The lowest BCUT2D eigenvalue weighted by atomic mass is 9.66. The molecular formula is C15H21N3O2S. The first-order valence-electron chi connectivity index (χ1n) is 7.49. The topological polar surface area (TPSA) is 71.1 Å². The lowest BCUT2D eigenvalue weighted by Gasteiger charge is -2.41. The number of hydrogen-bond donors (Lipinski definition) is 2. The summed E-state index contributed by atoms with van der Waals surface area (Å²) in [6, 6.07) is 5.85. The summed E-state index contributed by atoms with van der Waals surface area (Å²) >= 11 is 0. The summed E-state index contributed by atoms with van der Waals surface area (Å²) in [5.41, 5.74) is 1.07. The SMILES string of the molecule is O=C(NCC1(c2ccccn2)CCC1)NC1CCS(=O)C1. The highest BCUT2D eigenvalue weighted by atomic mass is 32.2. The third kappa shape index (κ3) is 3.26. The Morgan fingerprint density at radius 3 is 2.86 bits per heavy atom. The van der Waals surface area contributed by atoms with E-state index in [-0.39, 0.29) is 17.5 Å². The van der Waals surface area contributed by atoms with Gasteiger partial charge in [-0.2, -0.15) is 0 Å². The maximum absolute atomic E-state index is 12.0. The molecule has 0 radical (unpaired) electrons. The van der Waals surface area contributed by atoms with E-state index in [0.717, 1.165) is 25.0 Å². The van der Waals surface area contributed by atoms with Crippen LogP contribution in [0.3, 0.4) is 0 Å². The van der Waals surface area contributed by atoms with E-state index in [1.165, 1.54) is 6.42 Å². The lowest BCUT2D eigenvalue weighted by Crippen LogP contribution is -2.50. The van der Waals surface area contributed by atoms with Crippen LogP contribution < -0.4 is 10.6 Å². The van der Waals surface area contributed by atoms with Crippen LogP contribution in [-0.4, -0.2) is 39.3 Å². The van der Waals surface area contributed by atoms with Crippen LogP contribution in [0.1, 0.15) is 31.4 Å². The number of aromatic nitrogens is 1. The van der Waals surface area contributed by atoms with Crippen LogP contribution >= 0.6 is 0 Å². The third-order valence-electron chi connectivity index (χ3n) is 4.52. The van der Waals surface area contributed by atoms with Crippen molar-refractivity contribution in [3.63, 3.8) is 0 Å². The molecule has 2 unspecified atom stereocenters. The Kier molecular flexibility index (Phi) is 4.24. The molecular weight excluding hydrogens is 286 g/mol. The summed E-state index contributed by atoms with van der Waals surface area (Å²) < 4.78 is 11.3. The number of rotatable bonds is 4. The van der Waals surface area contributed by atoms with Crippen LogP contribution in [-0.2, 0) is 16.2 Å². The van der Waals surface area contributed by atoms with E-state index in [9.17, 15) is 9.00 Å². The van der Waals surface area contributed by atoms with Crippen LogP contribution in [0.25, 0.3) is 0 Å². The molecule has 1 aliphatic heterocycles. The van der Waals surface area contributed by atoms with Gasteiger partial charge in [0, 0.05) is 52.2 Å². The first-order chi connectivity index (χ1) is 10.2. The Balaban J connectivity index is 1.54. The van der Waals surface area contributed by atoms with E-state index in [0.29, 0.717) is 18.1 Å². The zero-order valence-corrected chi connectivity index (χ0v) is 12.8. The summed E-state index contributed by atoms with van der Waals surface area (Å²) in [5.74, 6) is 1.28. The summed E-state index contributed by atoms with van der Waals surface area (Å²) in [7, 11) is -0.763. The highest BCUT2D eigenvalue weighted by molar-refractivity contribution is 7.85. The molecule has 114 valence electrons. The second kappa shape index (κ2) is 6.13. The molecule has 3 rings (SSSR count). The molecule has 1 aromatic heterocycles. The van der Waals surface area contributed by atoms with Crippen molar-refractivity contribution in [3.05, 3.63) is 30.1 Å². The van der Waals surface area contributed by atoms with Crippen molar-refractivity contribution in [2.75, 3.05) is 18.1 Å². The van der Waals surface area contributed by atoms with Gasteiger partial charge in [0.05, 0.1) is 0 Å². The van der Waals surface area contributed by atoms with E-state index >= 15 is 0 Å². The molecule has 2 atom stereocenters. The van der Waals surface area contributed by atoms with E-state index in [2.05, 4.69) is 15.6 Å². The molecule has 6 heteroatoms. The second-order valence-electron chi connectivity index (χ2n) is 5.97. The van der Waals surface area contributed by atoms with Gasteiger partial charge in [0.1, 0.15) is 0 Å². The molecule has 2 aliphatic rings. The molecule has 2 N–H and O–H groups in total. The molecule has 1 aromatic rings. The summed E-state index contributed by atoms with van der Waals surface area (Å²) in [6.07, 6.45) is 5.94. The van der Waals surface area contributed by atoms with Crippen molar-refractivity contribution < 1.29 is 9.00 Å². The molecule has 0 spiro atoms. The van der Waals surface area contributed by atoms with Crippen LogP contribution in [0.2, 0.25) is 0 Å². The van der Waals surface area contributed by atoms with Crippen LogP contribution in [0.5, 0.6) is 0 Å². The van der Waals surface area contributed by atoms with E-state index in [1.807, 2.05) is 24.4 Å². The van der Waals surface area contributed by atoms with Gasteiger partial charge in [-0.05, 0) is 31.4 Å². The number of carbonyl (C=O) groups excluding carboxylic acids is 1. The number of amides is 2. The van der Waals surface area contributed by atoms with Gasteiger partial charge in [-0.1, -0.05) is 12.5 Å². The van der Waals surface area contributed by atoms with E-state index < -0.39 is 10.8 Å². The van der Waals surface area contributed by atoms with Crippen molar-refractivity contribution in [1.82, 2.24) is 15.6 Å². The lowest BCUT2D eigenvalue weighted by molar-refractivity contribution is 0.210. The second-order valence-corrected chi connectivity index (χ2v) is 7.59. The van der Waals surface area contributed by atoms with Crippen molar-refractivity contribution in [2.45, 2.75) is 37.1 Å². The summed E-state index contributed by atoms with van der Waals surface area (Å²) in [4.78, 5) is 16.4. The quantitative estimate of drug-likeness (QED) is 0.881. The molecule has 2 amide bonds. The maximum Gasteiger partial charge on any atom is 0.315 e. The Morgan fingerprint density at radius 1 is 1.43 bits per heavy atom. The number of nitrogens with one attached hydrogen (secondary N) is 2. The number of urea groups is 1. The van der Waals surface area contributed by atoms with Crippen molar-refractivity contribution in [1.29, 1.82) is 0 Å². The molecule has 1 saturated carbocycles. The summed E-state index contributed by atoms with van der Waals surface area (Å²) in [5, 5.41) is 5.89. The molecule has 1 saturated heterocycles. The van der Waals surface area contributed by atoms with E-state index in [4.69, 9.17) is 0 Å². The maximum atomic E-state index is 12.0. The van der Waals surface area contributed by atoms with Gasteiger partial charge < -0.3 is 10.6 Å². The van der Waals surface area contributed by atoms with Gasteiger partial charge in [0.15, 0.2) is 0 Å². The molecule has 2 heterocycles. The van der Waals surface area contributed by atoms with Crippen molar-refractivity contribution >= 4 is 16.8 Å². The Hall–Kier alpha value is -1.43. The van der Waals surface area contributed by atoms with Gasteiger partial charge in [0.2, 0.25) is 0 Å². The molecule has 0 aromatic carbocycles. The molecule has 0 bridgehead atoms. The minimum atomic E-state index is -0.763. The van der Waals surface area contributed by atoms with Crippen LogP contribution in [0, 0.1) is 0 Å². The fourth-order valence-corrected chi connectivity index (χ4v) is 4.48. The molecule has 21 heavy (non-hydrogen) atoms. The zero-order chi connectivity index (χ0) is 14.7. The minimum absolute atomic E-state index is 0.00288. The van der Waals surface area contributed by atoms with Crippen molar-refractivity contribution in [2.24, 2.45) is 0 Å². The van der Waals surface area contributed by atoms with Gasteiger partial charge >= 0.3 is 6.03 Å². The normalized spacial score (nSPS) is 26.9. The third-order valence-corrected chi connectivity index (χ3v) is 5.99. The summed E-state index contributed by atoms with van der Waals surface area (Å²) in [6.45, 7) is 0.617. The standard InChI is InChI=1S/C15H21N3O2S/c19-14(18-12-5-9-21(20)10-12)17-11-15(6-3-7-15)13-4-1-2-8-16-13/h1-2,4,8,12H,3,5-7,9-11H2,(H2,17,18,19). The zero-order valence-electron chi connectivity index (χ0n) is 12.0. The molecule has 1 aliphatic carbocycles. The predicted octanol–water partition coefficient (Wildman–Crippen LogP) is 1.32. The average Bonchev–Trinajstić information content (AvgIpc) is 2.84. The first kappa shape index (κ1) is 14.5. The molecule has 2 fully saturated rings. The number of carbonyl (C=O) groups is 1. The largest absolute Gasteiger partial charge is 0.337 e. The van der Waals surface area contributed by atoms with Gasteiger partial charge in [-0.3, -0.25) is 9.19 Å². The van der Waals surface area contributed by atoms with Crippen molar-refractivity contribution in [3.8, 4) is 0 Å². The van der Waals surface area contributed by atoms with Crippen LogP contribution in [0.4, 0.5) is 4.79 Å². The van der Waals surface area contributed by atoms with Crippen LogP contribution in [0.15, 0.2) is 24.4 Å². The average molecular weight is 307 g/mol. The van der Waals surface area contributed by atoms with E-state index in [1.54, 1.807) is 0 Å².